The Morgan fingerprint density at radius 3 is 2.00 bits per heavy atom. The number of esters is 2. The van der Waals surface area contributed by atoms with E-state index in [4.69, 9.17) is 15.9 Å². The van der Waals surface area contributed by atoms with Crippen molar-refractivity contribution in [1.29, 1.82) is 0 Å². The van der Waals surface area contributed by atoms with Crippen molar-refractivity contribution >= 4 is 17.7 Å². The fourth-order valence-electron chi connectivity index (χ4n) is 1.61. The van der Waals surface area contributed by atoms with Crippen LogP contribution in [-0.4, -0.2) is 30.9 Å². The zero-order valence-corrected chi connectivity index (χ0v) is 12.1. The first-order valence-corrected chi connectivity index (χ1v) is 6.39. The third kappa shape index (κ3) is 4.88. The van der Waals surface area contributed by atoms with Crippen molar-refractivity contribution in [3.8, 4) is 12.3 Å². The molecule has 0 saturated heterocycles. The quantitative estimate of drug-likeness (QED) is 0.293. The molecule has 0 saturated carbocycles. The number of carbonyl (C=O) groups is 3. The molecule has 0 rings (SSSR count). The topological polar surface area (TPSA) is 69.7 Å². The summed E-state index contributed by atoms with van der Waals surface area (Å²) in [6, 6.07) is 0. The Hall–Kier alpha value is -2.09. The molecule has 0 aromatic rings. The van der Waals surface area contributed by atoms with E-state index < -0.39 is 17.4 Å². The highest BCUT2D eigenvalue weighted by Crippen LogP contribution is 2.31. The SMILES string of the molecule is C#CCC(CC=CC(C)=O)(C(=O)OCC)C(=O)OCC. The van der Waals surface area contributed by atoms with Crippen LogP contribution in [0.2, 0.25) is 0 Å². The van der Waals surface area contributed by atoms with Gasteiger partial charge < -0.3 is 9.47 Å². The first-order chi connectivity index (χ1) is 9.44. The number of hydrogen-bond acceptors (Lipinski definition) is 5. The summed E-state index contributed by atoms with van der Waals surface area (Å²) in [6.07, 6.45) is 7.80. The van der Waals surface area contributed by atoms with Crippen molar-refractivity contribution in [2.24, 2.45) is 5.41 Å². The van der Waals surface area contributed by atoms with E-state index in [1.807, 2.05) is 0 Å². The van der Waals surface area contributed by atoms with Crippen molar-refractivity contribution in [1.82, 2.24) is 0 Å². The Morgan fingerprint density at radius 1 is 1.15 bits per heavy atom. The normalized spacial score (nSPS) is 10.9. The highest BCUT2D eigenvalue weighted by molar-refractivity contribution is 6.00. The Labute approximate surface area is 119 Å². The number of ketones is 1. The summed E-state index contributed by atoms with van der Waals surface area (Å²) in [6.45, 7) is 4.89. The first-order valence-electron chi connectivity index (χ1n) is 6.39. The van der Waals surface area contributed by atoms with E-state index in [1.54, 1.807) is 13.8 Å². The van der Waals surface area contributed by atoms with Crippen LogP contribution in [0.3, 0.4) is 0 Å². The van der Waals surface area contributed by atoms with Crippen molar-refractivity contribution in [3.05, 3.63) is 12.2 Å². The molecule has 0 bridgehead atoms. The molecular formula is C15H20O5. The molecular weight excluding hydrogens is 260 g/mol. The molecule has 0 N–H and O–H groups in total. The van der Waals surface area contributed by atoms with Crippen LogP contribution in [-0.2, 0) is 23.9 Å². The van der Waals surface area contributed by atoms with Gasteiger partial charge in [0, 0.05) is 6.42 Å². The molecule has 0 radical (unpaired) electrons. The average molecular weight is 280 g/mol. The van der Waals surface area contributed by atoms with Crippen LogP contribution in [0.25, 0.3) is 0 Å². The molecule has 0 heterocycles. The van der Waals surface area contributed by atoms with Gasteiger partial charge in [-0.05, 0) is 33.3 Å². The minimum atomic E-state index is -1.59. The van der Waals surface area contributed by atoms with E-state index in [-0.39, 0.29) is 31.8 Å². The Balaban J connectivity index is 5.43. The second kappa shape index (κ2) is 8.92. The number of ether oxygens (including phenoxy) is 2. The third-order valence-corrected chi connectivity index (χ3v) is 2.56. The van der Waals surface area contributed by atoms with Crippen molar-refractivity contribution in [2.45, 2.75) is 33.6 Å². The largest absolute Gasteiger partial charge is 0.465 e. The van der Waals surface area contributed by atoms with Crippen LogP contribution in [0.15, 0.2) is 12.2 Å². The molecule has 0 spiro atoms. The lowest BCUT2D eigenvalue weighted by Gasteiger charge is -2.26. The smallest absolute Gasteiger partial charge is 0.324 e. The maximum absolute atomic E-state index is 12.1. The van der Waals surface area contributed by atoms with Gasteiger partial charge in [0.1, 0.15) is 0 Å². The second-order valence-electron chi connectivity index (χ2n) is 4.12. The highest BCUT2D eigenvalue weighted by atomic mass is 16.6. The molecule has 0 unspecified atom stereocenters. The molecule has 0 aliphatic carbocycles. The maximum atomic E-state index is 12.1. The molecule has 0 fully saturated rings. The zero-order valence-electron chi connectivity index (χ0n) is 12.1. The standard InChI is InChI=1S/C15H20O5/c1-5-10-15(13(17)19-6-2,14(18)20-7-3)11-8-9-12(4)16/h1,8-9H,6-7,10-11H2,2-4H3. The van der Waals surface area contributed by atoms with Crippen LogP contribution in [0.4, 0.5) is 0 Å². The molecule has 0 aliphatic heterocycles. The third-order valence-electron chi connectivity index (χ3n) is 2.56. The molecule has 110 valence electrons. The van der Waals surface area contributed by atoms with Gasteiger partial charge in [-0.2, -0.15) is 0 Å². The zero-order chi connectivity index (χ0) is 15.6. The summed E-state index contributed by atoms with van der Waals surface area (Å²) < 4.78 is 9.86. The van der Waals surface area contributed by atoms with Crippen molar-refractivity contribution < 1.29 is 23.9 Å². The lowest BCUT2D eigenvalue weighted by molar-refractivity contribution is -0.171. The monoisotopic (exact) mass is 280 g/mol. The highest BCUT2D eigenvalue weighted by Gasteiger charge is 2.47. The van der Waals surface area contributed by atoms with Gasteiger partial charge in [-0.1, -0.05) is 6.08 Å². The van der Waals surface area contributed by atoms with Gasteiger partial charge in [-0.15, -0.1) is 12.3 Å². The van der Waals surface area contributed by atoms with Gasteiger partial charge in [0.2, 0.25) is 0 Å². The molecule has 0 aromatic heterocycles. The van der Waals surface area contributed by atoms with Crippen LogP contribution in [0, 0.1) is 17.8 Å². The van der Waals surface area contributed by atoms with Gasteiger partial charge in [-0.3, -0.25) is 14.4 Å². The van der Waals surface area contributed by atoms with E-state index in [0.717, 1.165) is 0 Å². The fourth-order valence-corrected chi connectivity index (χ4v) is 1.61. The summed E-state index contributed by atoms with van der Waals surface area (Å²) in [5, 5.41) is 0. The second-order valence-corrected chi connectivity index (χ2v) is 4.12. The van der Waals surface area contributed by atoms with Crippen LogP contribution >= 0.6 is 0 Å². The summed E-state index contributed by atoms with van der Waals surface area (Å²) >= 11 is 0. The van der Waals surface area contributed by atoms with E-state index in [1.165, 1.54) is 19.1 Å². The number of hydrogen-bond donors (Lipinski definition) is 0. The lowest BCUT2D eigenvalue weighted by Crippen LogP contribution is -2.41. The molecule has 0 aliphatic rings. The fraction of sp³-hybridized carbons (Fsp3) is 0.533. The summed E-state index contributed by atoms with van der Waals surface area (Å²) in [7, 11) is 0. The molecule has 20 heavy (non-hydrogen) atoms. The predicted molar refractivity (Wildman–Crippen MR) is 73.6 cm³/mol. The summed E-state index contributed by atoms with van der Waals surface area (Å²) in [5.74, 6) is 0.654. The van der Waals surface area contributed by atoms with Crippen LogP contribution in [0.1, 0.15) is 33.6 Å². The molecule has 0 atom stereocenters. The van der Waals surface area contributed by atoms with Crippen molar-refractivity contribution in [2.75, 3.05) is 13.2 Å². The number of carbonyl (C=O) groups excluding carboxylic acids is 3. The van der Waals surface area contributed by atoms with Crippen LogP contribution < -0.4 is 0 Å². The summed E-state index contributed by atoms with van der Waals surface area (Å²) in [5.41, 5.74) is -1.59. The van der Waals surface area contributed by atoms with Gasteiger partial charge in [0.05, 0.1) is 13.2 Å². The van der Waals surface area contributed by atoms with Crippen LogP contribution in [0.5, 0.6) is 0 Å². The Kier molecular flexibility index (Phi) is 7.98. The minimum Gasteiger partial charge on any atom is -0.465 e. The minimum absolute atomic E-state index is 0.0333. The first kappa shape index (κ1) is 17.9. The maximum Gasteiger partial charge on any atom is 0.324 e. The van der Waals surface area contributed by atoms with E-state index >= 15 is 0 Å². The molecule has 5 heteroatoms. The summed E-state index contributed by atoms with van der Waals surface area (Å²) in [4.78, 5) is 35.1. The number of terminal acetylenes is 1. The molecule has 5 nitrogen and oxygen atoms in total. The van der Waals surface area contributed by atoms with E-state index in [2.05, 4.69) is 5.92 Å². The average Bonchev–Trinajstić information content (AvgIpc) is 2.37. The van der Waals surface area contributed by atoms with Gasteiger partial charge in [0.15, 0.2) is 11.2 Å². The molecule has 0 amide bonds. The van der Waals surface area contributed by atoms with Gasteiger partial charge in [-0.25, -0.2) is 0 Å². The predicted octanol–water partition coefficient (Wildman–Crippen LogP) is 1.66. The van der Waals surface area contributed by atoms with E-state index in [9.17, 15) is 14.4 Å². The molecule has 0 aromatic carbocycles. The van der Waals surface area contributed by atoms with Gasteiger partial charge in [0.25, 0.3) is 0 Å². The number of allylic oxidation sites excluding steroid dienone is 2. The van der Waals surface area contributed by atoms with Crippen molar-refractivity contribution in [3.63, 3.8) is 0 Å². The Morgan fingerprint density at radius 2 is 1.65 bits per heavy atom. The Bertz CT molecular complexity index is 410. The lowest BCUT2D eigenvalue weighted by atomic mass is 9.81. The van der Waals surface area contributed by atoms with Gasteiger partial charge >= 0.3 is 11.9 Å². The number of rotatable bonds is 8. The van der Waals surface area contributed by atoms with E-state index in [0.29, 0.717) is 0 Å².